The molecule has 0 N–H and O–H groups in total. The first-order valence-electron chi connectivity index (χ1n) is 6.32. The zero-order chi connectivity index (χ0) is 12.4. The van der Waals surface area contributed by atoms with Gasteiger partial charge in [0.15, 0.2) is 0 Å². The highest BCUT2D eigenvalue weighted by Crippen LogP contribution is 2.30. The minimum Gasteiger partial charge on any atom is -0.291 e. The molecule has 0 unspecified atom stereocenters. The fourth-order valence-electron chi connectivity index (χ4n) is 2.18. The standard InChI is InChI=1S/C15H16BrNS/c16-13-5-3-12(4-6-13)10-17(14-7-8-14)11-15-2-1-9-18-15/h1-6,9,14H,7-8,10-11H2. The molecule has 3 rings (SSSR count). The van der Waals surface area contributed by atoms with Gasteiger partial charge in [-0.1, -0.05) is 34.1 Å². The van der Waals surface area contributed by atoms with Crippen molar-refractivity contribution in [2.75, 3.05) is 0 Å². The van der Waals surface area contributed by atoms with Crippen LogP contribution < -0.4 is 0 Å². The first kappa shape index (κ1) is 12.4. The van der Waals surface area contributed by atoms with Crippen LogP contribution in [0, 0.1) is 0 Å². The van der Waals surface area contributed by atoms with Gasteiger partial charge in [-0.25, -0.2) is 0 Å². The van der Waals surface area contributed by atoms with Crippen LogP contribution in [-0.2, 0) is 13.1 Å². The van der Waals surface area contributed by atoms with Crippen LogP contribution in [0.1, 0.15) is 23.3 Å². The highest BCUT2D eigenvalue weighted by Gasteiger charge is 2.29. The molecule has 2 aromatic rings. The quantitative estimate of drug-likeness (QED) is 0.773. The molecule has 1 heterocycles. The molecule has 1 aliphatic carbocycles. The second-order valence-electron chi connectivity index (χ2n) is 4.84. The van der Waals surface area contributed by atoms with E-state index in [2.05, 4.69) is 62.6 Å². The maximum Gasteiger partial charge on any atom is 0.0334 e. The normalized spacial score (nSPS) is 15.2. The van der Waals surface area contributed by atoms with Gasteiger partial charge in [-0.3, -0.25) is 4.90 Å². The van der Waals surface area contributed by atoms with Crippen molar-refractivity contribution in [3.63, 3.8) is 0 Å². The highest BCUT2D eigenvalue weighted by atomic mass is 79.9. The summed E-state index contributed by atoms with van der Waals surface area (Å²) in [6.45, 7) is 2.16. The summed E-state index contributed by atoms with van der Waals surface area (Å²) >= 11 is 5.35. The third-order valence-corrected chi connectivity index (χ3v) is 4.69. The summed E-state index contributed by atoms with van der Waals surface area (Å²) < 4.78 is 1.16. The van der Waals surface area contributed by atoms with E-state index >= 15 is 0 Å². The van der Waals surface area contributed by atoms with E-state index in [1.165, 1.54) is 23.3 Å². The van der Waals surface area contributed by atoms with E-state index in [1.807, 2.05) is 11.3 Å². The van der Waals surface area contributed by atoms with Crippen LogP contribution in [0.3, 0.4) is 0 Å². The number of halogens is 1. The number of nitrogens with zero attached hydrogens (tertiary/aromatic N) is 1. The number of benzene rings is 1. The second kappa shape index (κ2) is 5.55. The summed E-state index contributed by atoms with van der Waals surface area (Å²) in [7, 11) is 0. The molecule has 0 radical (unpaired) electrons. The van der Waals surface area contributed by atoms with Crippen LogP contribution in [-0.4, -0.2) is 10.9 Å². The Hall–Kier alpha value is -0.640. The number of hydrogen-bond acceptors (Lipinski definition) is 2. The van der Waals surface area contributed by atoms with Gasteiger partial charge < -0.3 is 0 Å². The van der Waals surface area contributed by atoms with Crippen LogP contribution in [0.4, 0.5) is 0 Å². The summed E-state index contributed by atoms with van der Waals surface area (Å²) in [6, 6.07) is 13.9. The molecule has 1 aromatic heterocycles. The Balaban J connectivity index is 1.68. The van der Waals surface area contributed by atoms with E-state index in [-0.39, 0.29) is 0 Å². The van der Waals surface area contributed by atoms with Crippen molar-refractivity contribution >= 4 is 27.3 Å². The lowest BCUT2D eigenvalue weighted by molar-refractivity contribution is 0.248. The van der Waals surface area contributed by atoms with E-state index in [0.717, 1.165) is 23.6 Å². The summed E-state index contributed by atoms with van der Waals surface area (Å²) in [5, 5.41) is 2.17. The monoisotopic (exact) mass is 321 g/mol. The Kier molecular flexibility index (Phi) is 3.83. The van der Waals surface area contributed by atoms with Crippen molar-refractivity contribution in [1.82, 2.24) is 4.90 Å². The fraction of sp³-hybridized carbons (Fsp3) is 0.333. The minimum atomic E-state index is 0.802. The summed E-state index contributed by atoms with van der Waals surface area (Å²) in [4.78, 5) is 4.08. The average molecular weight is 322 g/mol. The van der Waals surface area contributed by atoms with E-state index in [0.29, 0.717) is 0 Å². The molecule has 0 saturated heterocycles. The average Bonchev–Trinajstić information content (AvgIpc) is 3.10. The maximum absolute atomic E-state index is 3.49. The van der Waals surface area contributed by atoms with E-state index in [4.69, 9.17) is 0 Å². The zero-order valence-corrected chi connectivity index (χ0v) is 12.6. The smallest absolute Gasteiger partial charge is 0.0334 e. The van der Waals surface area contributed by atoms with Crippen molar-refractivity contribution < 1.29 is 0 Å². The molecule has 0 bridgehead atoms. The first-order chi connectivity index (χ1) is 8.81. The van der Waals surface area contributed by atoms with Crippen molar-refractivity contribution in [3.05, 3.63) is 56.7 Å². The first-order valence-corrected chi connectivity index (χ1v) is 7.99. The maximum atomic E-state index is 3.49. The van der Waals surface area contributed by atoms with Gasteiger partial charge in [-0.05, 0) is 42.0 Å². The highest BCUT2D eigenvalue weighted by molar-refractivity contribution is 9.10. The largest absolute Gasteiger partial charge is 0.291 e. The molecule has 0 atom stereocenters. The second-order valence-corrected chi connectivity index (χ2v) is 6.79. The minimum absolute atomic E-state index is 0.802. The van der Waals surface area contributed by atoms with Crippen LogP contribution in [0.2, 0.25) is 0 Å². The molecule has 1 fully saturated rings. The molecule has 0 amide bonds. The molecule has 0 aliphatic heterocycles. The summed E-state index contributed by atoms with van der Waals surface area (Å²) in [5.41, 5.74) is 1.40. The van der Waals surface area contributed by atoms with Crippen LogP contribution >= 0.6 is 27.3 Å². The third-order valence-electron chi connectivity index (χ3n) is 3.30. The third kappa shape index (κ3) is 3.22. The van der Waals surface area contributed by atoms with Crippen molar-refractivity contribution in [2.24, 2.45) is 0 Å². The Labute approximate surface area is 121 Å². The lowest BCUT2D eigenvalue weighted by atomic mass is 10.2. The van der Waals surface area contributed by atoms with E-state index < -0.39 is 0 Å². The Morgan fingerprint density at radius 3 is 2.50 bits per heavy atom. The van der Waals surface area contributed by atoms with Gasteiger partial charge in [-0.15, -0.1) is 11.3 Å². The van der Waals surface area contributed by atoms with Crippen LogP contribution in [0.25, 0.3) is 0 Å². The molecule has 1 nitrogen and oxygen atoms in total. The Morgan fingerprint density at radius 2 is 1.89 bits per heavy atom. The molecule has 1 saturated carbocycles. The van der Waals surface area contributed by atoms with Crippen molar-refractivity contribution in [2.45, 2.75) is 32.0 Å². The predicted octanol–water partition coefficient (Wildman–Crippen LogP) is 4.68. The van der Waals surface area contributed by atoms with Gasteiger partial charge >= 0.3 is 0 Å². The van der Waals surface area contributed by atoms with Gasteiger partial charge in [0, 0.05) is 28.5 Å². The van der Waals surface area contributed by atoms with Gasteiger partial charge in [-0.2, -0.15) is 0 Å². The Bertz CT molecular complexity index is 488. The van der Waals surface area contributed by atoms with Crippen LogP contribution in [0.5, 0.6) is 0 Å². The van der Waals surface area contributed by atoms with Crippen LogP contribution in [0.15, 0.2) is 46.3 Å². The lowest BCUT2D eigenvalue weighted by Crippen LogP contribution is -2.24. The van der Waals surface area contributed by atoms with Gasteiger partial charge in [0.05, 0.1) is 0 Å². The molecule has 94 valence electrons. The van der Waals surface area contributed by atoms with Gasteiger partial charge in [0.25, 0.3) is 0 Å². The number of hydrogen-bond donors (Lipinski definition) is 0. The fourth-order valence-corrected chi connectivity index (χ4v) is 3.17. The predicted molar refractivity (Wildman–Crippen MR) is 80.7 cm³/mol. The summed E-state index contributed by atoms with van der Waals surface area (Å²) in [6.07, 6.45) is 2.73. The van der Waals surface area contributed by atoms with Crippen molar-refractivity contribution in [1.29, 1.82) is 0 Å². The van der Waals surface area contributed by atoms with Gasteiger partial charge in [0.1, 0.15) is 0 Å². The van der Waals surface area contributed by atoms with Crippen molar-refractivity contribution in [3.8, 4) is 0 Å². The van der Waals surface area contributed by atoms with Gasteiger partial charge in [0.2, 0.25) is 0 Å². The Morgan fingerprint density at radius 1 is 1.11 bits per heavy atom. The molecular weight excluding hydrogens is 306 g/mol. The molecule has 0 spiro atoms. The molecular formula is C15H16BrNS. The SMILES string of the molecule is Brc1ccc(CN(Cc2cccs2)C2CC2)cc1. The molecule has 1 aromatic carbocycles. The van der Waals surface area contributed by atoms with E-state index in [1.54, 1.807) is 0 Å². The number of thiophene rings is 1. The summed E-state index contributed by atoms with van der Waals surface area (Å²) in [5.74, 6) is 0. The molecule has 1 aliphatic rings. The molecule has 3 heteroatoms. The lowest BCUT2D eigenvalue weighted by Gasteiger charge is -2.21. The number of rotatable bonds is 5. The molecule has 18 heavy (non-hydrogen) atoms. The topological polar surface area (TPSA) is 3.24 Å². The zero-order valence-electron chi connectivity index (χ0n) is 10.2. The van der Waals surface area contributed by atoms with E-state index in [9.17, 15) is 0 Å².